The molecule has 1 N–H and O–H groups in total. The summed E-state index contributed by atoms with van der Waals surface area (Å²) in [5.41, 5.74) is 2.53. The molecule has 3 aromatic carbocycles. The van der Waals surface area contributed by atoms with E-state index in [-0.39, 0.29) is 17.9 Å². The van der Waals surface area contributed by atoms with Crippen molar-refractivity contribution in [1.82, 2.24) is 10.3 Å². The molecule has 37 heavy (non-hydrogen) atoms. The minimum absolute atomic E-state index is 0.235. The second kappa shape index (κ2) is 9.87. The standard InChI is InChI=1S/C30H22FN3O2S/c31-21-11-9-20(10-12-21)26-17-18-27(36-26)29-28(25-8-4-5-19-32-25)33-30(37)34(29)22-13-15-24(16-14-22)35-23-6-2-1-3-7-23/h1-19,28-29H,(H,33,37). The van der Waals surface area contributed by atoms with Crippen molar-refractivity contribution in [3.63, 3.8) is 0 Å². The van der Waals surface area contributed by atoms with Crippen LogP contribution in [0.2, 0.25) is 0 Å². The molecule has 182 valence electrons. The first-order valence-electron chi connectivity index (χ1n) is 11.8. The summed E-state index contributed by atoms with van der Waals surface area (Å²) in [5.74, 6) is 2.57. The molecular weight excluding hydrogens is 485 g/mol. The van der Waals surface area contributed by atoms with Gasteiger partial charge in [-0.1, -0.05) is 24.3 Å². The Bertz CT molecular complexity index is 1510. The van der Waals surface area contributed by atoms with E-state index in [1.807, 2.05) is 89.8 Å². The molecule has 0 aliphatic carbocycles. The highest BCUT2D eigenvalue weighted by atomic mass is 32.1. The van der Waals surface area contributed by atoms with E-state index in [4.69, 9.17) is 21.4 Å². The number of rotatable bonds is 6. The topological polar surface area (TPSA) is 50.5 Å². The summed E-state index contributed by atoms with van der Waals surface area (Å²) in [6.07, 6.45) is 1.77. The average Bonchev–Trinajstić information content (AvgIpc) is 3.55. The van der Waals surface area contributed by atoms with Gasteiger partial charge in [-0.05, 0) is 97.1 Å². The van der Waals surface area contributed by atoms with Crippen molar-refractivity contribution in [2.75, 3.05) is 4.90 Å². The van der Waals surface area contributed by atoms with Crippen molar-refractivity contribution in [3.8, 4) is 22.8 Å². The maximum absolute atomic E-state index is 13.4. The van der Waals surface area contributed by atoms with Gasteiger partial charge in [-0.25, -0.2) is 4.39 Å². The second-order valence-electron chi connectivity index (χ2n) is 8.61. The zero-order valence-electron chi connectivity index (χ0n) is 19.6. The Labute approximate surface area is 219 Å². The molecule has 5 aromatic rings. The van der Waals surface area contributed by atoms with Crippen LogP contribution in [0.3, 0.4) is 0 Å². The number of halogens is 1. The lowest BCUT2D eigenvalue weighted by Gasteiger charge is -2.26. The molecule has 0 spiro atoms. The average molecular weight is 508 g/mol. The number of nitrogens with zero attached hydrogens (tertiary/aromatic N) is 2. The van der Waals surface area contributed by atoms with Gasteiger partial charge in [-0.15, -0.1) is 0 Å². The van der Waals surface area contributed by atoms with Gasteiger partial charge in [-0.3, -0.25) is 4.98 Å². The Kier molecular flexibility index (Phi) is 6.12. The van der Waals surface area contributed by atoms with E-state index in [9.17, 15) is 4.39 Å². The summed E-state index contributed by atoms with van der Waals surface area (Å²) in [7, 11) is 0. The van der Waals surface area contributed by atoms with E-state index in [1.54, 1.807) is 18.3 Å². The lowest BCUT2D eigenvalue weighted by Crippen LogP contribution is -2.29. The lowest BCUT2D eigenvalue weighted by atomic mass is 10.0. The fourth-order valence-corrected chi connectivity index (χ4v) is 4.85. The maximum Gasteiger partial charge on any atom is 0.174 e. The van der Waals surface area contributed by atoms with Crippen LogP contribution in [0.1, 0.15) is 23.5 Å². The number of furan rings is 1. The quantitative estimate of drug-likeness (QED) is 0.241. The first-order valence-corrected chi connectivity index (χ1v) is 12.3. The van der Waals surface area contributed by atoms with Gasteiger partial charge in [0.15, 0.2) is 5.11 Å². The second-order valence-corrected chi connectivity index (χ2v) is 9.00. The molecule has 0 saturated carbocycles. The Morgan fingerprint density at radius 2 is 1.54 bits per heavy atom. The molecule has 7 heteroatoms. The third-order valence-corrected chi connectivity index (χ3v) is 6.55. The van der Waals surface area contributed by atoms with Crippen LogP contribution in [-0.2, 0) is 0 Å². The van der Waals surface area contributed by atoms with Crippen LogP contribution in [0.5, 0.6) is 11.5 Å². The van der Waals surface area contributed by atoms with Crippen LogP contribution >= 0.6 is 12.2 Å². The lowest BCUT2D eigenvalue weighted by molar-refractivity contribution is 0.439. The van der Waals surface area contributed by atoms with Gasteiger partial charge in [0.25, 0.3) is 0 Å². The van der Waals surface area contributed by atoms with E-state index in [2.05, 4.69) is 10.3 Å². The minimum Gasteiger partial charge on any atom is -0.459 e. The number of nitrogens with one attached hydrogen (secondary N) is 1. The number of hydrogen-bond acceptors (Lipinski definition) is 4. The Balaban J connectivity index is 1.35. The number of para-hydroxylation sites is 1. The molecule has 1 aliphatic rings. The molecule has 0 radical (unpaired) electrons. The molecule has 1 saturated heterocycles. The number of hydrogen-bond donors (Lipinski definition) is 1. The van der Waals surface area contributed by atoms with Gasteiger partial charge in [-0.2, -0.15) is 0 Å². The zero-order chi connectivity index (χ0) is 25.2. The monoisotopic (exact) mass is 507 g/mol. The number of benzene rings is 3. The van der Waals surface area contributed by atoms with Crippen molar-refractivity contribution in [2.24, 2.45) is 0 Å². The van der Waals surface area contributed by atoms with Gasteiger partial charge in [0.05, 0.1) is 11.7 Å². The molecular formula is C30H22FN3O2S. The molecule has 2 atom stereocenters. The van der Waals surface area contributed by atoms with Crippen LogP contribution < -0.4 is 15.0 Å². The number of aromatic nitrogens is 1. The van der Waals surface area contributed by atoms with Crippen molar-refractivity contribution in [3.05, 3.63) is 133 Å². The molecule has 1 fully saturated rings. The Morgan fingerprint density at radius 3 is 2.27 bits per heavy atom. The molecule has 2 aromatic heterocycles. The molecule has 0 bridgehead atoms. The van der Waals surface area contributed by atoms with E-state index < -0.39 is 0 Å². The fraction of sp³-hybridized carbons (Fsp3) is 0.0667. The summed E-state index contributed by atoms with van der Waals surface area (Å²) < 4.78 is 25.7. The van der Waals surface area contributed by atoms with Crippen LogP contribution in [0, 0.1) is 5.82 Å². The van der Waals surface area contributed by atoms with Crippen LogP contribution in [-0.4, -0.2) is 10.1 Å². The van der Waals surface area contributed by atoms with E-state index in [0.717, 1.165) is 28.4 Å². The first-order chi connectivity index (χ1) is 18.2. The number of anilines is 1. The highest BCUT2D eigenvalue weighted by Gasteiger charge is 2.42. The highest BCUT2D eigenvalue weighted by Crippen LogP contribution is 2.43. The van der Waals surface area contributed by atoms with Gasteiger partial charge in [0, 0.05) is 17.4 Å². The Morgan fingerprint density at radius 1 is 0.811 bits per heavy atom. The molecule has 3 heterocycles. The van der Waals surface area contributed by atoms with Gasteiger partial charge in [0.1, 0.15) is 34.9 Å². The fourth-order valence-electron chi connectivity index (χ4n) is 4.50. The number of pyridine rings is 1. The molecule has 0 amide bonds. The van der Waals surface area contributed by atoms with E-state index in [0.29, 0.717) is 16.6 Å². The molecule has 2 unspecified atom stereocenters. The Hall–Kier alpha value is -4.49. The van der Waals surface area contributed by atoms with E-state index >= 15 is 0 Å². The summed E-state index contributed by atoms with van der Waals surface area (Å²) in [4.78, 5) is 6.62. The smallest absolute Gasteiger partial charge is 0.174 e. The summed E-state index contributed by atoms with van der Waals surface area (Å²) >= 11 is 5.80. The third kappa shape index (κ3) is 4.69. The summed E-state index contributed by atoms with van der Waals surface area (Å²) in [5, 5.41) is 4.00. The van der Waals surface area contributed by atoms with Crippen molar-refractivity contribution in [1.29, 1.82) is 0 Å². The summed E-state index contributed by atoms with van der Waals surface area (Å²) in [6, 6.07) is 32.8. The SMILES string of the molecule is Fc1ccc(-c2ccc(C3C(c4ccccn4)NC(=S)N3c3ccc(Oc4ccccc4)cc3)o2)cc1. The van der Waals surface area contributed by atoms with Crippen LogP contribution in [0.15, 0.2) is 120 Å². The normalized spacial score (nSPS) is 17.0. The molecule has 6 rings (SSSR count). The van der Waals surface area contributed by atoms with Gasteiger partial charge >= 0.3 is 0 Å². The maximum atomic E-state index is 13.4. The first kappa shape index (κ1) is 22.9. The van der Waals surface area contributed by atoms with Crippen molar-refractivity contribution >= 4 is 23.0 Å². The van der Waals surface area contributed by atoms with Gasteiger partial charge < -0.3 is 19.4 Å². The van der Waals surface area contributed by atoms with Crippen molar-refractivity contribution in [2.45, 2.75) is 12.1 Å². The summed E-state index contributed by atoms with van der Waals surface area (Å²) in [6.45, 7) is 0. The predicted octanol–water partition coefficient (Wildman–Crippen LogP) is 7.45. The minimum atomic E-state index is -0.294. The number of thiocarbonyl (C=S) groups is 1. The van der Waals surface area contributed by atoms with Gasteiger partial charge in [0.2, 0.25) is 0 Å². The van der Waals surface area contributed by atoms with Crippen molar-refractivity contribution < 1.29 is 13.5 Å². The number of ether oxygens (including phenoxy) is 1. The molecule has 5 nitrogen and oxygen atoms in total. The van der Waals surface area contributed by atoms with E-state index in [1.165, 1.54) is 12.1 Å². The zero-order valence-corrected chi connectivity index (χ0v) is 20.4. The predicted molar refractivity (Wildman–Crippen MR) is 145 cm³/mol. The van der Waals surface area contributed by atoms with Crippen LogP contribution in [0.4, 0.5) is 10.1 Å². The largest absolute Gasteiger partial charge is 0.459 e. The highest BCUT2D eigenvalue weighted by molar-refractivity contribution is 7.80. The van der Waals surface area contributed by atoms with Crippen LogP contribution in [0.25, 0.3) is 11.3 Å². The molecule has 1 aliphatic heterocycles. The third-order valence-electron chi connectivity index (χ3n) is 6.24.